The number of aryl methyl sites for hydroxylation is 1. The highest BCUT2D eigenvalue weighted by atomic mass is 79.9. The summed E-state index contributed by atoms with van der Waals surface area (Å²) in [5.74, 6) is -0.358. The Balaban J connectivity index is 1.97. The van der Waals surface area contributed by atoms with Gasteiger partial charge in [0, 0.05) is 13.5 Å². The Labute approximate surface area is 120 Å². The number of carbonyl (C=O) groups is 1. The lowest BCUT2D eigenvalue weighted by Crippen LogP contribution is -2.17. The molecule has 0 aliphatic heterocycles. The molecule has 0 bridgehead atoms. The molecule has 0 amide bonds. The van der Waals surface area contributed by atoms with Crippen molar-refractivity contribution in [3.63, 3.8) is 0 Å². The van der Waals surface area contributed by atoms with Crippen molar-refractivity contribution in [1.82, 2.24) is 9.78 Å². The summed E-state index contributed by atoms with van der Waals surface area (Å²) in [5.41, 5.74) is 1.59. The van der Waals surface area contributed by atoms with Crippen molar-refractivity contribution in [2.45, 2.75) is 19.4 Å². The molecule has 100 valence electrons. The fraction of sp³-hybridized carbons (Fsp3) is 0.286. The number of esters is 1. The lowest BCUT2D eigenvalue weighted by Gasteiger charge is -2.12. The van der Waals surface area contributed by atoms with Crippen molar-refractivity contribution in [2.75, 3.05) is 0 Å². The van der Waals surface area contributed by atoms with Crippen molar-refractivity contribution in [1.29, 1.82) is 0 Å². The average molecular weight is 323 g/mol. The molecule has 0 fully saturated rings. The van der Waals surface area contributed by atoms with E-state index in [-0.39, 0.29) is 12.1 Å². The monoisotopic (exact) mass is 322 g/mol. The molecule has 1 aromatic carbocycles. The van der Waals surface area contributed by atoms with Gasteiger partial charge in [0.15, 0.2) is 0 Å². The number of hydrogen-bond acceptors (Lipinski definition) is 3. The summed E-state index contributed by atoms with van der Waals surface area (Å²) in [6.07, 6.45) is 2.02. The summed E-state index contributed by atoms with van der Waals surface area (Å²) in [4.78, 5) is 12.0. The number of aromatic nitrogens is 2. The van der Waals surface area contributed by atoms with E-state index in [1.165, 1.54) is 6.20 Å². The van der Waals surface area contributed by atoms with Gasteiger partial charge in [-0.15, -0.1) is 0 Å². The zero-order chi connectivity index (χ0) is 13.8. The second kappa shape index (κ2) is 6.02. The Morgan fingerprint density at radius 3 is 2.68 bits per heavy atom. The van der Waals surface area contributed by atoms with Gasteiger partial charge in [-0.1, -0.05) is 30.3 Å². The van der Waals surface area contributed by atoms with Crippen molar-refractivity contribution >= 4 is 21.9 Å². The maximum absolute atomic E-state index is 12.0. The molecule has 0 aliphatic carbocycles. The van der Waals surface area contributed by atoms with Gasteiger partial charge in [-0.05, 0) is 28.4 Å². The third-order valence-corrected chi connectivity index (χ3v) is 3.70. The van der Waals surface area contributed by atoms with Crippen molar-refractivity contribution < 1.29 is 9.53 Å². The van der Waals surface area contributed by atoms with Gasteiger partial charge in [0.05, 0.1) is 6.20 Å². The molecule has 0 saturated carbocycles. The van der Waals surface area contributed by atoms with E-state index in [9.17, 15) is 4.79 Å². The Bertz CT molecular complexity index is 566. The van der Waals surface area contributed by atoms with Crippen LogP contribution in [0.4, 0.5) is 0 Å². The van der Waals surface area contributed by atoms with E-state index in [0.29, 0.717) is 16.6 Å². The van der Waals surface area contributed by atoms with Crippen LogP contribution in [0.2, 0.25) is 0 Å². The normalized spacial score (nSPS) is 12.2. The van der Waals surface area contributed by atoms with Gasteiger partial charge in [0.2, 0.25) is 0 Å². The quantitative estimate of drug-likeness (QED) is 0.813. The number of nitrogens with zero attached hydrogens (tertiary/aromatic N) is 2. The fourth-order valence-electron chi connectivity index (χ4n) is 1.79. The first kappa shape index (κ1) is 13.8. The predicted molar refractivity (Wildman–Crippen MR) is 75.9 cm³/mol. The minimum atomic E-state index is -0.358. The molecule has 1 atom stereocenters. The number of rotatable bonds is 4. The first-order valence-corrected chi connectivity index (χ1v) is 6.79. The van der Waals surface area contributed by atoms with Crippen molar-refractivity contribution in [3.8, 4) is 0 Å². The van der Waals surface area contributed by atoms with Crippen LogP contribution < -0.4 is 0 Å². The summed E-state index contributed by atoms with van der Waals surface area (Å²) in [6, 6.07) is 9.95. The summed E-state index contributed by atoms with van der Waals surface area (Å²) in [6.45, 7) is 1.88. The standard InChI is InChI=1S/C14H15BrN2O2/c1-10(8-11-6-4-3-5-7-11)19-14(18)12-9-16-17(2)13(12)15/h3-7,9-10H,8H2,1-2H3. The second-order valence-electron chi connectivity index (χ2n) is 4.38. The van der Waals surface area contributed by atoms with E-state index >= 15 is 0 Å². The lowest BCUT2D eigenvalue weighted by molar-refractivity contribution is 0.0341. The lowest BCUT2D eigenvalue weighted by atomic mass is 10.1. The van der Waals surface area contributed by atoms with Gasteiger partial charge < -0.3 is 4.74 Å². The smallest absolute Gasteiger partial charge is 0.342 e. The van der Waals surface area contributed by atoms with Crippen molar-refractivity contribution in [3.05, 3.63) is 52.3 Å². The molecule has 19 heavy (non-hydrogen) atoms. The molecule has 1 heterocycles. The van der Waals surface area contributed by atoms with E-state index < -0.39 is 0 Å². The number of halogens is 1. The van der Waals surface area contributed by atoms with Gasteiger partial charge in [0.25, 0.3) is 0 Å². The molecule has 0 N–H and O–H groups in total. The van der Waals surface area contributed by atoms with E-state index in [2.05, 4.69) is 21.0 Å². The summed E-state index contributed by atoms with van der Waals surface area (Å²) < 4.78 is 7.62. The average Bonchev–Trinajstić information content (AvgIpc) is 2.71. The minimum Gasteiger partial charge on any atom is -0.459 e. The Morgan fingerprint density at radius 2 is 2.11 bits per heavy atom. The molecule has 4 nitrogen and oxygen atoms in total. The first-order chi connectivity index (χ1) is 9.08. The van der Waals surface area contributed by atoms with Gasteiger partial charge in [-0.3, -0.25) is 4.68 Å². The van der Waals surface area contributed by atoms with Gasteiger partial charge in [-0.25, -0.2) is 4.79 Å². The van der Waals surface area contributed by atoms with Crippen LogP contribution in [0.3, 0.4) is 0 Å². The summed E-state index contributed by atoms with van der Waals surface area (Å²) >= 11 is 3.31. The van der Waals surface area contributed by atoms with Gasteiger partial charge >= 0.3 is 5.97 Å². The summed E-state index contributed by atoms with van der Waals surface area (Å²) in [7, 11) is 1.76. The van der Waals surface area contributed by atoms with Crippen LogP contribution in [-0.2, 0) is 18.2 Å². The van der Waals surface area contributed by atoms with Crippen LogP contribution in [0.25, 0.3) is 0 Å². The van der Waals surface area contributed by atoms with Crippen molar-refractivity contribution in [2.24, 2.45) is 7.05 Å². The Morgan fingerprint density at radius 1 is 1.42 bits per heavy atom. The first-order valence-electron chi connectivity index (χ1n) is 6.00. The molecule has 0 saturated heterocycles. The van der Waals surface area contributed by atoms with Crippen LogP contribution in [0, 0.1) is 0 Å². The van der Waals surface area contributed by atoms with Crippen LogP contribution in [0.5, 0.6) is 0 Å². The molecule has 2 aromatic rings. The Kier molecular flexibility index (Phi) is 4.37. The number of hydrogen-bond donors (Lipinski definition) is 0. The molecule has 5 heteroatoms. The number of ether oxygens (including phenoxy) is 1. The predicted octanol–water partition coefficient (Wildman–Crippen LogP) is 2.97. The minimum absolute atomic E-state index is 0.179. The maximum Gasteiger partial charge on any atom is 0.342 e. The Hall–Kier alpha value is -1.62. The molecular weight excluding hydrogens is 308 g/mol. The summed E-state index contributed by atoms with van der Waals surface area (Å²) in [5, 5.41) is 4.00. The van der Waals surface area contributed by atoms with E-state index in [0.717, 1.165) is 5.56 Å². The highest BCUT2D eigenvalue weighted by molar-refractivity contribution is 9.10. The second-order valence-corrected chi connectivity index (χ2v) is 5.13. The zero-order valence-corrected chi connectivity index (χ0v) is 12.4. The molecule has 1 aromatic heterocycles. The highest BCUT2D eigenvalue weighted by Crippen LogP contribution is 2.17. The van der Waals surface area contributed by atoms with E-state index in [1.807, 2.05) is 37.3 Å². The van der Waals surface area contributed by atoms with E-state index in [4.69, 9.17) is 4.74 Å². The highest BCUT2D eigenvalue weighted by Gasteiger charge is 2.18. The fourth-order valence-corrected chi connectivity index (χ4v) is 2.15. The zero-order valence-electron chi connectivity index (χ0n) is 10.8. The third-order valence-electron chi connectivity index (χ3n) is 2.76. The van der Waals surface area contributed by atoms with Crippen LogP contribution >= 0.6 is 15.9 Å². The SMILES string of the molecule is CC(Cc1ccccc1)OC(=O)c1cnn(C)c1Br. The molecule has 0 spiro atoms. The molecule has 0 aliphatic rings. The number of benzene rings is 1. The van der Waals surface area contributed by atoms with Crippen LogP contribution in [0.15, 0.2) is 41.1 Å². The molecule has 0 radical (unpaired) electrons. The van der Waals surface area contributed by atoms with Gasteiger partial charge in [0.1, 0.15) is 16.3 Å². The molecule has 2 rings (SSSR count). The van der Waals surface area contributed by atoms with E-state index in [1.54, 1.807) is 11.7 Å². The number of carbonyl (C=O) groups excluding carboxylic acids is 1. The third kappa shape index (κ3) is 3.44. The topological polar surface area (TPSA) is 44.1 Å². The molecule has 1 unspecified atom stereocenters. The van der Waals surface area contributed by atoms with Crippen LogP contribution in [0.1, 0.15) is 22.8 Å². The molecular formula is C14H15BrN2O2. The maximum atomic E-state index is 12.0. The largest absolute Gasteiger partial charge is 0.459 e. The van der Waals surface area contributed by atoms with Crippen LogP contribution in [-0.4, -0.2) is 21.9 Å². The van der Waals surface area contributed by atoms with Gasteiger partial charge in [-0.2, -0.15) is 5.10 Å².